The van der Waals surface area contributed by atoms with Crippen LogP contribution in [0, 0.1) is 6.92 Å². The van der Waals surface area contributed by atoms with Gasteiger partial charge in [-0.1, -0.05) is 43.3 Å². The molecule has 0 aromatic heterocycles. The second-order valence-corrected chi connectivity index (χ2v) is 9.54. The number of carbonyl (C=O) groups is 3. The highest BCUT2D eigenvalue weighted by Crippen LogP contribution is 2.29. The van der Waals surface area contributed by atoms with E-state index in [0.29, 0.717) is 12.1 Å². The van der Waals surface area contributed by atoms with Gasteiger partial charge in [-0.05, 0) is 51.3 Å². The van der Waals surface area contributed by atoms with E-state index in [1.54, 1.807) is 32.9 Å². The molecule has 1 heterocycles. The third-order valence-corrected chi connectivity index (χ3v) is 6.43. The van der Waals surface area contributed by atoms with Gasteiger partial charge >= 0.3 is 0 Å². The van der Waals surface area contributed by atoms with Crippen molar-refractivity contribution in [1.82, 2.24) is 15.5 Å². The maximum atomic E-state index is 13.5. The number of carbonyl (C=O) groups excluding carboxylic acids is 3. The van der Waals surface area contributed by atoms with Crippen molar-refractivity contribution >= 4 is 17.7 Å². The molecular weight excluding hydrogens is 462 g/mol. The molecule has 1 aliphatic heterocycles. The van der Waals surface area contributed by atoms with Gasteiger partial charge in [0.2, 0.25) is 5.91 Å². The lowest BCUT2D eigenvalue weighted by Crippen LogP contribution is -2.59. The van der Waals surface area contributed by atoms with Crippen LogP contribution in [0.2, 0.25) is 0 Å². The minimum Gasteiger partial charge on any atom is -0.508 e. The number of hydrogen-bond donors (Lipinski definition) is 4. The molecule has 0 unspecified atom stereocenters. The van der Waals surface area contributed by atoms with Gasteiger partial charge in [0.25, 0.3) is 11.8 Å². The number of phenolic OH excluding ortho intramolecular Hbond substituents is 1. The first kappa shape index (κ1) is 27.2. The van der Waals surface area contributed by atoms with Crippen molar-refractivity contribution in [3.63, 3.8) is 0 Å². The number of aliphatic hydroxyl groups excluding tert-OH is 1. The monoisotopic (exact) mass is 497 g/mol. The first-order valence-electron chi connectivity index (χ1n) is 12.1. The molecule has 2 aromatic rings. The molecule has 194 valence electrons. The summed E-state index contributed by atoms with van der Waals surface area (Å²) in [6, 6.07) is 11.8. The average Bonchev–Trinajstić information content (AvgIpc) is 3.18. The van der Waals surface area contributed by atoms with E-state index in [-0.39, 0.29) is 30.4 Å². The Kier molecular flexibility index (Phi) is 8.70. The third-order valence-electron chi connectivity index (χ3n) is 6.43. The molecule has 0 radical (unpaired) electrons. The molecule has 1 saturated heterocycles. The number of amides is 3. The van der Waals surface area contributed by atoms with Gasteiger partial charge in [0.15, 0.2) is 6.10 Å². The Labute approximate surface area is 211 Å². The summed E-state index contributed by atoms with van der Waals surface area (Å²) in [7, 11) is 0. The molecule has 4 N–H and O–H groups in total. The molecule has 0 saturated carbocycles. The number of nitrogens with zero attached hydrogens (tertiary/aromatic N) is 1. The second-order valence-electron chi connectivity index (χ2n) is 9.54. The molecule has 9 heteroatoms. The normalized spacial score (nSPS) is 18.4. The summed E-state index contributed by atoms with van der Waals surface area (Å²) in [5.74, 6) is -1.65. The van der Waals surface area contributed by atoms with Crippen LogP contribution >= 0.6 is 0 Å². The van der Waals surface area contributed by atoms with E-state index in [9.17, 15) is 24.6 Å². The minimum atomic E-state index is -1.65. The number of hydrogen-bond acceptors (Lipinski definition) is 6. The predicted molar refractivity (Wildman–Crippen MR) is 134 cm³/mol. The van der Waals surface area contributed by atoms with E-state index in [1.165, 1.54) is 11.0 Å². The molecule has 9 nitrogen and oxygen atoms in total. The van der Waals surface area contributed by atoms with E-state index in [0.717, 1.165) is 12.0 Å². The largest absolute Gasteiger partial charge is 0.508 e. The predicted octanol–water partition coefficient (Wildman–Crippen LogP) is 1.89. The lowest BCUT2D eigenvalue weighted by molar-refractivity contribution is -0.147. The fourth-order valence-electron chi connectivity index (χ4n) is 4.32. The Hall–Kier alpha value is -3.43. The van der Waals surface area contributed by atoms with E-state index in [2.05, 4.69) is 10.6 Å². The zero-order valence-corrected chi connectivity index (χ0v) is 21.2. The number of benzene rings is 2. The summed E-state index contributed by atoms with van der Waals surface area (Å²) in [5.41, 5.74) is 0.466. The van der Waals surface area contributed by atoms with Crippen molar-refractivity contribution in [2.45, 2.75) is 64.3 Å². The van der Waals surface area contributed by atoms with Crippen LogP contribution in [0.25, 0.3) is 0 Å². The van der Waals surface area contributed by atoms with E-state index < -0.39 is 35.6 Å². The van der Waals surface area contributed by atoms with E-state index in [1.807, 2.05) is 37.3 Å². The van der Waals surface area contributed by atoms with Crippen LogP contribution in [0.4, 0.5) is 0 Å². The highest BCUT2D eigenvalue weighted by Gasteiger charge is 2.50. The summed E-state index contributed by atoms with van der Waals surface area (Å²) in [6.45, 7) is 7.26. The van der Waals surface area contributed by atoms with Crippen LogP contribution in [0.15, 0.2) is 48.5 Å². The topological polar surface area (TPSA) is 128 Å². The quantitative estimate of drug-likeness (QED) is 0.419. The Morgan fingerprint density at radius 1 is 1.14 bits per heavy atom. The van der Waals surface area contributed by atoms with Gasteiger partial charge in [-0.3, -0.25) is 14.4 Å². The molecule has 3 rings (SSSR count). The van der Waals surface area contributed by atoms with Crippen molar-refractivity contribution in [3.8, 4) is 5.75 Å². The van der Waals surface area contributed by atoms with Gasteiger partial charge in [-0.15, -0.1) is 0 Å². The zero-order valence-electron chi connectivity index (χ0n) is 21.2. The smallest absolute Gasteiger partial charge is 0.256 e. The Balaban J connectivity index is 1.87. The minimum absolute atomic E-state index is 0.0312. The fraction of sp³-hybridized carbons (Fsp3) is 0.444. The molecule has 0 spiro atoms. The highest BCUT2D eigenvalue weighted by atomic mass is 16.5. The molecule has 1 fully saturated rings. The lowest BCUT2D eigenvalue weighted by atomic mass is 9.95. The summed E-state index contributed by atoms with van der Waals surface area (Å²) in [5, 5.41) is 26.8. The summed E-state index contributed by atoms with van der Waals surface area (Å²) in [4.78, 5) is 40.7. The zero-order chi connectivity index (χ0) is 26.5. The van der Waals surface area contributed by atoms with Crippen molar-refractivity contribution in [3.05, 3.63) is 65.2 Å². The Bertz CT molecular complexity index is 1090. The van der Waals surface area contributed by atoms with Crippen molar-refractivity contribution in [1.29, 1.82) is 0 Å². The van der Waals surface area contributed by atoms with Crippen LogP contribution in [-0.2, 0) is 20.7 Å². The Morgan fingerprint density at radius 3 is 2.50 bits per heavy atom. The second kappa shape index (κ2) is 11.5. The van der Waals surface area contributed by atoms with Crippen LogP contribution in [0.5, 0.6) is 5.75 Å². The van der Waals surface area contributed by atoms with Crippen molar-refractivity contribution < 1.29 is 29.3 Å². The molecule has 3 atom stereocenters. The molecular formula is C27H35N3O6. The molecule has 3 amide bonds. The van der Waals surface area contributed by atoms with Crippen LogP contribution in [0.1, 0.15) is 48.7 Å². The number of aromatic hydroxyl groups is 1. The van der Waals surface area contributed by atoms with Crippen LogP contribution in [0.3, 0.4) is 0 Å². The lowest BCUT2D eigenvalue weighted by Gasteiger charge is -2.32. The summed E-state index contributed by atoms with van der Waals surface area (Å²) in [6.07, 6.45) is -0.747. The van der Waals surface area contributed by atoms with Crippen LogP contribution < -0.4 is 10.6 Å². The van der Waals surface area contributed by atoms with E-state index >= 15 is 0 Å². The molecule has 2 aromatic carbocycles. The van der Waals surface area contributed by atoms with E-state index in [4.69, 9.17) is 4.74 Å². The van der Waals surface area contributed by atoms with Gasteiger partial charge in [-0.2, -0.15) is 0 Å². The average molecular weight is 498 g/mol. The number of ether oxygens (including phenoxy) is 1. The summed E-state index contributed by atoms with van der Waals surface area (Å²) < 4.78 is 5.73. The number of nitrogens with one attached hydrogen (secondary N) is 2. The molecule has 1 aliphatic rings. The number of rotatable bonds is 9. The molecule has 0 aliphatic carbocycles. The van der Waals surface area contributed by atoms with Crippen LogP contribution in [-0.4, -0.2) is 69.9 Å². The Morgan fingerprint density at radius 2 is 1.83 bits per heavy atom. The van der Waals surface area contributed by atoms with Gasteiger partial charge in [0, 0.05) is 17.7 Å². The highest BCUT2D eigenvalue weighted by molar-refractivity contribution is 5.97. The van der Waals surface area contributed by atoms with Gasteiger partial charge < -0.3 is 30.5 Å². The molecule has 36 heavy (non-hydrogen) atoms. The first-order chi connectivity index (χ1) is 17.1. The number of phenols is 1. The maximum absolute atomic E-state index is 13.5. The molecule has 0 bridgehead atoms. The standard InChI is InChI=1S/C27H35N3O6/c1-5-14-28-25(34)23-27(3,4)36-16-30(23)26(35)22(32)20(15-18-10-7-6-8-11-18)29-24(33)19-12-9-13-21(31)17(19)2/h6-13,20,22-23,31-32H,5,14-16H2,1-4H3,(H,28,34)(H,29,33)/t20-,22-,23+/m0/s1. The fourth-order valence-corrected chi connectivity index (χ4v) is 4.32. The van der Waals surface area contributed by atoms with Gasteiger partial charge in [-0.25, -0.2) is 0 Å². The first-order valence-corrected chi connectivity index (χ1v) is 12.1. The summed E-state index contributed by atoms with van der Waals surface area (Å²) >= 11 is 0. The number of aliphatic hydroxyl groups is 1. The van der Waals surface area contributed by atoms with Gasteiger partial charge in [0.05, 0.1) is 11.6 Å². The van der Waals surface area contributed by atoms with Crippen molar-refractivity contribution in [2.24, 2.45) is 0 Å². The third kappa shape index (κ3) is 6.03. The maximum Gasteiger partial charge on any atom is 0.256 e. The van der Waals surface area contributed by atoms with Crippen molar-refractivity contribution in [2.75, 3.05) is 13.3 Å². The van der Waals surface area contributed by atoms with Gasteiger partial charge in [0.1, 0.15) is 18.5 Å². The SMILES string of the molecule is CCCNC(=O)[C@H]1N(C(=O)[C@@H](O)[C@H](Cc2ccccc2)NC(=O)c2cccc(O)c2C)COC1(C)C.